The van der Waals surface area contributed by atoms with Crippen LogP contribution in [-0.2, 0) is 0 Å². The zero-order valence-corrected chi connectivity index (χ0v) is 11.4. The van der Waals surface area contributed by atoms with Gasteiger partial charge < -0.3 is 10.0 Å². The summed E-state index contributed by atoms with van der Waals surface area (Å²) in [5.74, 6) is 0.589. The smallest absolute Gasteiger partial charge is 0.257 e. The average Bonchev–Trinajstić information content (AvgIpc) is 2.80. The second kappa shape index (κ2) is 5.08. The quantitative estimate of drug-likeness (QED) is 0.911. The number of rotatable bonds is 2. The van der Waals surface area contributed by atoms with E-state index in [1.54, 1.807) is 18.2 Å². The first-order valence-corrected chi connectivity index (χ1v) is 6.69. The summed E-state index contributed by atoms with van der Waals surface area (Å²) in [5.41, 5.74) is 0.385. The summed E-state index contributed by atoms with van der Waals surface area (Å²) < 4.78 is 0.810. The van der Waals surface area contributed by atoms with Gasteiger partial charge in [-0.3, -0.25) is 4.79 Å². The van der Waals surface area contributed by atoms with Crippen LogP contribution in [0.15, 0.2) is 22.7 Å². The van der Waals surface area contributed by atoms with Crippen molar-refractivity contribution in [2.75, 3.05) is 13.1 Å². The lowest BCUT2D eigenvalue weighted by Crippen LogP contribution is -2.28. The molecule has 1 aromatic rings. The van der Waals surface area contributed by atoms with Crippen molar-refractivity contribution >= 4 is 21.8 Å². The third-order valence-electron chi connectivity index (χ3n) is 3.34. The number of carbonyl (C=O) groups excluding carboxylic acids is 1. The number of phenols is 1. The number of hydrogen-bond donors (Lipinski definition) is 1. The first-order chi connectivity index (χ1) is 8.11. The van der Waals surface area contributed by atoms with Crippen LogP contribution in [0.1, 0.15) is 30.1 Å². The summed E-state index contributed by atoms with van der Waals surface area (Å²) in [4.78, 5) is 14.1. The molecule has 0 bridgehead atoms. The van der Waals surface area contributed by atoms with E-state index in [2.05, 4.69) is 22.9 Å². The van der Waals surface area contributed by atoms with Crippen LogP contribution < -0.4 is 0 Å². The minimum absolute atomic E-state index is 0.0538. The van der Waals surface area contributed by atoms with Crippen LogP contribution in [-0.4, -0.2) is 29.0 Å². The molecular formula is C13H16BrNO2. The highest BCUT2D eigenvalue weighted by atomic mass is 79.9. The van der Waals surface area contributed by atoms with Crippen LogP contribution in [0.2, 0.25) is 0 Å². The number of amides is 1. The molecule has 0 radical (unpaired) electrons. The van der Waals surface area contributed by atoms with E-state index in [4.69, 9.17) is 0 Å². The van der Waals surface area contributed by atoms with Crippen molar-refractivity contribution in [2.45, 2.75) is 19.8 Å². The molecule has 1 fully saturated rings. The summed E-state index contributed by atoms with van der Waals surface area (Å²) in [5, 5.41) is 9.72. The second-order valence-electron chi connectivity index (χ2n) is 4.48. The maximum Gasteiger partial charge on any atom is 0.257 e. The van der Waals surface area contributed by atoms with E-state index in [0.29, 0.717) is 11.5 Å². The van der Waals surface area contributed by atoms with E-state index in [9.17, 15) is 9.90 Å². The fourth-order valence-corrected chi connectivity index (χ4v) is 2.56. The van der Waals surface area contributed by atoms with Crippen LogP contribution >= 0.6 is 15.9 Å². The molecule has 17 heavy (non-hydrogen) atoms. The Labute approximate surface area is 110 Å². The molecule has 0 spiro atoms. The zero-order chi connectivity index (χ0) is 12.4. The Morgan fingerprint density at radius 1 is 1.59 bits per heavy atom. The Morgan fingerprint density at radius 3 is 3.00 bits per heavy atom. The van der Waals surface area contributed by atoms with Gasteiger partial charge in [-0.15, -0.1) is 0 Å². The molecule has 0 aromatic heterocycles. The average molecular weight is 298 g/mol. The summed E-state index contributed by atoms with van der Waals surface area (Å²) >= 11 is 3.32. The van der Waals surface area contributed by atoms with Crippen molar-refractivity contribution in [3.63, 3.8) is 0 Å². The molecule has 1 saturated heterocycles. The molecular weight excluding hydrogens is 282 g/mol. The molecule has 1 unspecified atom stereocenters. The van der Waals surface area contributed by atoms with Crippen molar-refractivity contribution in [2.24, 2.45) is 5.92 Å². The van der Waals surface area contributed by atoms with E-state index >= 15 is 0 Å². The highest BCUT2D eigenvalue weighted by Crippen LogP contribution is 2.26. The highest BCUT2D eigenvalue weighted by Gasteiger charge is 2.27. The third-order valence-corrected chi connectivity index (χ3v) is 3.83. The molecule has 1 heterocycles. The lowest BCUT2D eigenvalue weighted by Gasteiger charge is -2.17. The number of aromatic hydroxyl groups is 1. The molecule has 1 aromatic carbocycles. The molecule has 1 atom stereocenters. The van der Waals surface area contributed by atoms with Gasteiger partial charge >= 0.3 is 0 Å². The first-order valence-electron chi connectivity index (χ1n) is 5.89. The molecule has 0 aliphatic carbocycles. The van der Waals surface area contributed by atoms with Gasteiger partial charge in [0.1, 0.15) is 5.75 Å². The number of likely N-dealkylation sites (tertiary alicyclic amines) is 1. The standard InChI is InChI=1S/C13H16BrNO2/c1-2-9-5-6-15(8-9)13(17)11-7-10(14)3-4-12(11)16/h3-4,7,9,16H,2,5-6,8H2,1H3. The minimum Gasteiger partial charge on any atom is -0.507 e. The Morgan fingerprint density at radius 2 is 2.35 bits per heavy atom. The number of benzene rings is 1. The number of phenolic OH excluding ortho intramolecular Hbond substituents is 1. The van der Waals surface area contributed by atoms with Crippen molar-refractivity contribution in [3.8, 4) is 5.75 Å². The molecule has 0 saturated carbocycles. The summed E-state index contributed by atoms with van der Waals surface area (Å²) in [7, 11) is 0. The third kappa shape index (κ3) is 2.63. The van der Waals surface area contributed by atoms with Gasteiger partial charge in [0, 0.05) is 17.6 Å². The summed E-state index contributed by atoms with van der Waals surface area (Å²) in [6.07, 6.45) is 2.17. The molecule has 3 nitrogen and oxygen atoms in total. The number of carbonyl (C=O) groups is 1. The largest absolute Gasteiger partial charge is 0.507 e. The lowest BCUT2D eigenvalue weighted by atomic mass is 10.1. The van der Waals surface area contributed by atoms with Gasteiger partial charge in [-0.1, -0.05) is 29.3 Å². The van der Waals surface area contributed by atoms with E-state index in [1.165, 1.54) is 0 Å². The van der Waals surface area contributed by atoms with Crippen molar-refractivity contribution in [3.05, 3.63) is 28.2 Å². The predicted molar refractivity (Wildman–Crippen MR) is 70.1 cm³/mol. The van der Waals surface area contributed by atoms with Crippen LogP contribution in [0.4, 0.5) is 0 Å². The topological polar surface area (TPSA) is 40.5 Å². The zero-order valence-electron chi connectivity index (χ0n) is 9.82. The van der Waals surface area contributed by atoms with Crippen LogP contribution in [0, 0.1) is 5.92 Å². The van der Waals surface area contributed by atoms with Gasteiger partial charge in [0.15, 0.2) is 0 Å². The van der Waals surface area contributed by atoms with Gasteiger partial charge in [-0.05, 0) is 30.5 Å². The van der Waals surface area contributed by atoms with Crippen molar-refractivity contribution in [1.82, 2.24) is 4.90 Å². The maximum atomic E-state index is 12.2. The second-order valence-corrected chi connectivity index (χ2v) is 5.39. The van der Waals surface area contributed by atoms with Gasteiger partial charge in [-0.25, -0.2) is 0 Å². The minimum atomic E-state index is -0.0697. The molecule has 4 heteroatoms. The van der Waals surface area contributed by atoms with E-state index in [-0.39, 0.29) is 11.7 Å². The Hall–Kier alpha value is -1.03. The van der Waals surface area contributed by atoms with Crippen molar-refractivity contribution in [1.29, 1.82) is 0 Å². The van der Waals surface area contributed by atoms with Gasteiger partial charge in [0.2, 0.25) is 0 Å². The van der Waals surface area contributed by atoms with Gasteiger partial charge in [0.25, 0.3) is 5.91 Å². The number of halogens is 1. The normalized spacial score (nSPS) is 19.6. The summed E-state index contributed by atoms with van der Waals surface area (Å²) in [6, 6.07) is 4.95. The fraction of sp³-hybridized carbons (Fsp3) is 0.462. The van der Waals surface area contributed by atoms with Gasteiger partial charge in [0.05, 0.1) is 5.56 Å². The highest BCUT2D eigenvalue weighted by molar-refractivity contribution is 9.10. The molecule has 1 aliphatic rings. The van der Waals surface area contributed by atoms with Crippen LogP contribution in [0.25, 0.3) is 0 Å². The summed E-state index contributed by atoms with van der Waals surface area (Å²) in [6.45, 7) is 3.75. The van der Waals surface area contributed by atoms with Crippen LogP contribution in [0.5, 0.6) is 5.75 Å². The fourth-order valence-electron chi connectivity index (χ4n) is 2.20. The van der Waals surface area contributed by atoms with Gasteiger partial charge in [-0.2, -0.15) is 0 Å². The Kier molecular flexibility index (Phi) is 3.72. The molecule has 92 valence electrons. The lowest BCUT2D eigenvalue weighted by molar-refractivity contribution is 0.0784. The molecule has 1 aliphatic heterocycles. The molecule has 1 amide bonds. The Bertz CT molecular complexity index is 433. The number of hydrogen-bond acceptors (Lipinski definition) is 2. The Balaban J connectivity index is 2.17. The van der Waals surface area contributed by atoms with E-state index in [0.717, 1.165) is 30.4 Å². The maximum absolute atomic E-state index is 12.2. The van der Waals surface area contributed by atoms with E-state index < -0.39 is 0 Å². The van der Waals surface area contributed by atoms with Crippen molar-refractivity contribution < 1.29 is 9.90 Å². The molecule has 1 N–H and O–H groups in total. The predicted octanol–water partition coefficient (Wildman–Crippen LogP) is 3.03. The number of nitrogens with zero attached hydrogens (tertiary/aromatic N) is 1. The first kappa shape index (κ1) is 12.4. The van der Waals surface area contributed by atoms with Crippen LogP contribution in [0.3, 0.4) is 0 Å². The molecule has 2 rings (SSSR count). The SMILES string of the molecule is CCC1CCN(C(=O)c2cc(Br)ccc2O)C1. The monoisotopic (exact) mass is 297 g/mol. The van der Waals surface area contributed by atoms with E-state index in [1.807, 2.05) is 4.90 Å².